The fraction of sp³-hybridized carbons (Fsp3) is 0.235. The molecule has 0 radical (unpaired) electrons. The zero-order valence-electron chi connectivity index (χ0n) is 11.8. The molecule has 2 N–H and O–H groups in total. The smallest absolute Gasteiger partial charge is 0.260 e. The highest BCUT2D eigenvalue weighted by molar-refractivity contribution is 5.78. The molecule has 0 unspecified atom stereocenters. The van der Waals surface area contributed by atoms with Crippen LogP contribution in [0.4, 0.5) is 5.69 Å². The second-order valence-corrected chi connectivity index (χ2v) is 5.20. The highest BCUT2D eigenvalue weighted by Crippen LogP contribution is 2.21. The molecule has 21 heavy (non-hydrogen) atoms. The van der Waals surface area contributed by atoms with E-state index < -0.39 is 0 Å². The van der Waals surface area contributed by atoms with Gasteiger partial charge in [-0.3, -0.25) is 4.79 Å². The molecular formula is C17H18N2O2. The van der Waals surface area contributed by atoms with Crippen LogP contribution in [0.15, 0.2) is 48.5 Å². The Bertz CT molecular complexity index is 640. The first-order valence-electron chi connectivity index (χ1n) is 7.05. The lowest BCUT2D eigenvalue weighted by Crippen LogP contribution is -2.38. The van der Waals surface area contributed by atoms with E-state index in [0.717, 1.165) is 24.2 Å². The topological polar surface area (TPSA) is 55.6 Å². The number of carbonyl (C=O) groups excluding carboxylic acids is 1. The Balaban J connectivity index is 1.61. The van der Waals surface area contributed by atoms with Crippen LogP contribution < -0.4 is 10.5 Å². The molecule has 0 spiro atoms. The van der Waals surface area contributed by atoms with Crippen molar-refractivity contribution in [3.05, 3.63) is 59.7 Å². The van der Waals surface area contributed by atoms with Gasteiger partial charge in [-0.2, -0.15) is 0 Å². The number of rotatable bonds is 3. The quantitative estimate of drug-likeness (QED) is 0.878. The Hall–Kier alpha value is -2.49. The summed E-state index contributed by atoms with van der Waals surface area (Å²) in [5, 5.41) is 0. The lowest BCUT2D eigenvalue weighted by Gasteiger charge is -2.29. The summed E-state index contributed by atoms with van der Waals surface area (Å²) in [5.74, 6) is 0.722. The van der Waals surface area contributed by atoms with Gasteiger partial charge in [-0.15, -0.1) is 0 Å². The standard InChI is InChI=1S/C17H18N2O2/c18-15-7-6-13-8-9-19(11-14(13)10-15)17(20)12-21-16-4-2-1-3-5-16/h1-7,10H,8-9,11-12,18H2. The van der Waals surface area contributed by atoms with Gasteiger partial charge in [-0.1, -0.05) is 24.3 Å². The Kier molecular flexibility index (Phi) is 3.77. The minimum atomic E-state index is 0.00641. The molecular weight excluding hydrogens is 264 g/mol. The lowest BCUT2D eigenvalue weighted by atomic mass is 9.99. The van der Waals surface area contributed by atoms with E-state index in [9.17, 15) is 4.79 Å². The zero-order valence-corrected chi connectivity index (χ0v) is 11.8. The van der Waals surface area contributed by atoms with Gasteiger partial charge in [0.1, 0.15) is 5.75 Å². The van der Waals surface area contributed by atoms with Crippen LogP contribution in [-0.2, 0) is 17.8 Å². The third-order valence-corrected chi connectivity index (χ3v) is 3.70. The predicted octanol–water partition coefficient (Wildman–Crippen LogP) is 2.23. The van der Waals surface area contributed by atoms with Crippen molar-refractivity contribution in [1.29, 1.82) is 0 Å². The van der Waals surface area contributed by atoms with Gasteiger partial charge in [0.15, 0.2) is 6.61 Å². The van der Waals surface area contributed by atoms with Crippen molar-refractivity contribution in [3.8, 4) is 5.75 Å². The highest BCUT2D eigenvalue weighted by atomic mass is 16.5. The Labute approximate surface area is 124 Å². The van der Waals surface area contributed by atoms with Crippen LogP contribution in [0.25, 0.3) is 0 Å². The Morgan fingerprint density at radius 3 is 2.76 bits per heavy atom. The molecule has 0 atom stereocenters. The number of ether oxygens (including phenoxy) is 1. The summed E-state index contributed by atoms with van der Waals surface area (Å²) in [6, 6.07) is 15.3. The predicted molar refractivity (Wildman–Crippen MR) is 81.9 cm³/mol. The summed E-state index contributed by atoms with van der Waals surface area (Å²) in [5.41, 5.74) is 8.96. The number of hydrogen-bond acceptors (Lipinski definition) is 3. The van der Waals surface area contributed by atoms with Crippen LogP contribution in [0.2, 0.25) is 0 Å². The monoisotopic (exact) mass is 282 g/mol. The maximum absolute atomic E-state index is 12.2. The van der Waals surface area contributed by atoms with Gasteiger partial charge in [-0.25, -0.2) is 0 Å². The van der Waals surface area contributed by atoms with E-state index in [4.69, 9.17) is 10.5 Å². The SMILES string of the molecule is Nc1ccc2c(c1)CN(C(=O)COc1ccccc1)CC2. The van der Waals surface area contributed by atoms with E-state index in [2.05, 4.69) is 0 Å². The van der Waals surface area contributed by atoms with Gasteiger partial charge in [-0.05, 0) is 41.8 Å². The average molecular weight is 282 g/mol. The van der Waals surface area contributed by atoms with Crippen LogP contribution in [0.3, 0.4) is 0 Å². The van der Waals surface area contributed by atoms with Crippen LogP contribution in [0.5, 0.6) is 5.75 Å². The molecule has 1 amide bonds. The molecule has 3 rings (SSSR count). The first-order chi connectivity index (χ1) is 10.2. The van der Waals surface area contributed by atoms with Crippen molar-refractivity contribution < 1.29 is 9.53 Å². The fourth-order valence-electron chi connectivity index (χ4n) is 2.54. The van der Waals surface area contributed by atoms with Crippen LogP contribution in [0, 0.1) is 0 Å². The van der Waals surface area contributed by atoms with E-state index in [-0.39, 0.29) is 12.5 Å². The molecule has 0 aromatic heterocycles. The molecule has 4 nitrogen and oxygen atoms in total. The van der Waals surface area contributed by atoms with Crippen LogP contribution in [0.1, 0.15) is 11.1 Å². The van der Waals surface area contributed by atoms with Gasteiger partial charge in [0.05, 0.1) is 0 Å². The number of anilines is 1. The number of hydrogen-bond donors (Lipinski definition) is 1. The molecule has 1 aliphatic heterocycles. The van der Waals surface area contributed by atoms with E-state index in [1.165, 1.54) is 5.56 Å². The zero-order chi connectivity index (χ0) is 14.7. The van der Waals surface area contributed by atoms with Crippen LogP contribution >= 0.6 is 0 Å². The number of nitrogens with zero attached hydrogens (tertiary/aromatic N) is 1. The summed E-state index contributed by atoms with van der Waals surface area (Å²) in [6.45, 7) is 1.41. The average Bonchev–Trinajstić information content (AvgIpc) is 2.53. The van der Waals surface area contributed by atoms with E-state index >= 15 is 0 Å². The van der Waals surface area contributed by atoms with E-state index in [1.54, 1.807) is 0 Å². The maximum atomic E-state index is 12.2. The second-order valence-electron chi connectivity index (χ2n) is 5.20. The molecule has 2 aromatic rings. The number of nitrogen functional groups attached to an aromatic ring is 1. The summed E-state index contributed by atoms with van der Waals surface area (Å²) in [7, 11) is 0. The molecule has 0 bridgehead atoms. The summed E-state index contributed by atoms with van der Waals surface area (Å²) < 4.78 is 5.52. The number of para-hydroxylation sites is 1. The molecule has 0 fully saturated rings. The molecule has 0 saturated heterocycles. The van der Waals surface area contributed by atoms with Gasteiger partial charge in [0.25, 0.3) is 5.91 Å². The van der Waals surface area contributed by atoms with Gasteiger partial charge >= 0.3 is 0 Å². The first kappa shape index (κ1) is 13.5. The number of amides is 1. The normalized spacial score (nSPS) is 13.6. The molecule has 0 aliphatic carbocycles. The highest BCUT2D eigenvalue weighted by Gasteiger charge is 2.21. The van der Waals surface area contributed by atoms with Crippen molar-refractivity contribution in [2.24, 2.45) is 0 Å². The van der Waals surface area contributed by atoms with Gasteiger partial charge < -0.3 is 15.4 Å². The van der Waals surface area contributed by atoms with Crippen molar-refractivity contribution in [2.75, 3.05) is 18.9 Å². The number of benzene rings is 2. The molecule has 0 saturated carbocycles. The fourth-order valence-corrected chi connectivity index (χ4v) is 2.54. The largest absolute Gasteiger partial charge is 0.484 e. The summed E-state index contributed by atoms with van der Waals surface area (Å²) in [4.78, 5) is 14.1. The van der Waals surface area contributed by atoms with E-state index in [0.29, 0.717) is 12.3 Å². The van der Waals surface area contributed by atoms with Gasteiger partial charge in [0.2, 0.25) is 0 Å². The third-order valence-electron chi connectivity index (χ3n) is 3.70. The van der Waals surface area contributed by atoms with Crippen molar-refractivity contribution in [3.63, 3.8) is 0 Å². The maximum Gasteiger partial charge on any atom is 0.260 e. The minimum absolute atomic E-state index is 0.00641. The lowest BCUT2D eigenvalue weighted by molar-refractivity contribution is -0.134. The molecule has 4 heteroatoms. The molecule has 1 heterocycles. The molecule has 108 valence electrons. The van der Waals surface area contributed by atoms with Crippen molar-refractivity contribution in [2.45, 2.75) is 13.0 Å². The van der Waals surface area contributed by atoms with Crippen molar-refractivity contribution in [1.82, 2.24) is 4.90 Å². The summed E-state index contributed by atoms with van der Waals surface area (Å²) in [6.07, 6.45) is 0.868. The van der Waals surface area contributed by atoms with Crippen molar-refractivity contribution >= 4 is 11.6 Å². The number of carbonyl (C=O) groups is 1. The number of fused-ring (bicyclic) bond motifs is 1. The third kappa shape index (κ3) is 3.16. The Morgan fingerprint density at radius 2 is 1.95 bits per heavy atom. The number of nitrogens with two attached hydrogens (primary N) is 1. The minimum Gasteiger partial charge on any atom is -0.484 e. The first-order valence-corrected chi connectivity index (χ1v) is 7.05. The van der Waals surface area contributed by atoms with Gasteiger partial charge in [0, 0.05) is 18.8 Å². The molecule has 1 aliphatic rings. The second kappa shape index (κ2) is 5.87. The van der Waals surface area contributed by atoms with E-state index in [1.807, 2.05) is 53.4 Å². The van der Waals surface area contributed by atoms with Crippen LogP contribution in [-0.4, -0.2) is 24.0 Å². The summed E-state index contributed by atoms with van der Waals surface area (Å²) >= 11 is 0. The Morgan fingerprint density at radius 1 is 1.14 bits per heavy atom. The molecule has 2 aromatic carbocycles.